The molecular formula is C22H19ClFN3O3. The third-order valence-electron chi connectivity index (χ3n) is 5.06. The number of likely N-dealkylation sites (tertiary alicyclic amines) is 1. The van der Waals surface area contributed by atoms with Crippen molar-refractivity contribution >= 4 is 23.4 Å². The molecule has 0 spiro atoms. The zero-order chi connectivity index (χ0) is 21.1. The molecular weight excluding hydrogens is 409 g/mol. The van der Waals surface area contributed by atoms with Crippen molar-refractivity contribution in [3.63, 3.8) is 0 Å². The van der Waals surface area contributed by atoms with E-state index in [1.165, 1.54) is 23.1 Å². The summed E-state index contributed by atoms with van der Waals surface area (Å²) in [7, 11) is 0. The van der Waals surface area contributed by atoms with Crippen LogP contribution in [0.25, 0.3) is 11.3 Å². The fourth-order valence-electron chi connectivity index (χ4n) is 3.50. The molecule has 0 bridgehead atoms. The molecule has 0 saturated carbocycles. The number of carbonyl (C=O) groups excluding carboxylic acids is 2. The summed E-state index contributed by atoms with van der Waals surface area (Å²) in [6, 6.07) is 14.0. The summed E-state index contributed by atoms with van der Waals surface area (Å²) in [4.78, 5) is 27.1. The van der Waals surface area contributed by atoms with Gasteiger partial charge in [0.15, 0.2) is 11.5 Å². The third-order valence-corrected chi connectivity index (χ3v) is 5.39. The van der Waals surface area contributed by atoms with Crippen LogP contribution in [-0.4, -0.2) is 34.5 Å². The molecule has 8 heteroatoms. The Morgan fingerprint density at radius 3 is 2.73 bits per heavy atom. The summed E-state index contributed by atoms with van der Waals surface area (Å²) < 4.78 is 18.3. The number of amides is 2. The van der Waals surface area contributed by atoms with Crippen LogP contribution in [-0.2, 0) is 11.3 Å². The van der Waals surface area contributed by atoms with Crippen molar-refractivity contribution in [2.24, 2.45) is 0 Å². The lowest BCUT2D eigenvalue weighted by molar-refractivity contribution is -0.125. The van der Waals surface area contributed by atoms with E-state index in [9.17, 15) is 14.0 Å². The molecule has 6 nitrogen and oxygen atoms in total. The maximum Gasteiger partial charge on any atom is 0.276 e. The maximum atomic E-state index is 13.0. The van der Waals surface area contributed by atoms with Crippen LogP contribution >= 0.6 is 11.6 Å². The minimum atomic E-state index is -0.585. The second kappa shape index (κ2) is 8.67. The Labute approximate surface area is 177 Å². The van der Waals surface area contributed by atoms with Crippen LogP contribution in [0, 0.1) is 5.82 Å². The van der Waals surface area contributed by atoms with Gasteiger partial charge in [0, 0.05) is 24.7 Å². The first-order valence-electron chi connectivity index (χ1n) is 9.57. The van der Waals surface area contributed by atoms with Gasteiger partial charge >= 0.3 is 0 Å². The number of benzene rings is 2. The van der Waals surface area contributed by atoms with Crippen LogP contribution in [0.3, 0.4) is 0 Å². The van der Waals surface area contributed by atoms with Gasteiger partial charge in [-0.15, -0.1) is 0 Å². The van der Waals surface area contributed by atoms with Crippen molar-refractivity contribution in [3.05, 3.63) is 76.7 Å². The first-order valence-corrected chi connectivity index (χ1v) is 9.95. The molecule has 1 aliphatic heterocycles. The van der Waals surface area contributed by atoms with E-state index in [1.807, 2.05) is 6.07 Å². The standard InChI is InChI=1S/C22H19ClFN3O3/c23-17-5-2-1-4-16(17)20-12-18(26-30-20)22(29)27-11-3-6-19(27)21(28)25-13-14-7-9-15(24)10-8-14/h1-2,4-5,7-10,12,19H,3,6,11,13H2,(H,25,28). The number of nitrogens with one attached hydrogen (secondary N) is 1. The highest BCUT2D eigenvalue weighted by Crippen LogP contribution is 2.29. The highest BCUT2D eigenvalue weighted by molar-refractivity contribution is 6.33. The molecule has 1 N–H and O–H groups in total. The van der Waals surface area contributed by atoms with Crippen molar-refractivity contribution in [1.82, 2.24) is 15.4 Å². The summed E-state index contributed by atoms with van der Waals surface area (Å²) in [6.45, 7) is 0.722. The molecule has 2 aromatic carbocycles. The van der Waals surface area contributed by atoms with Crippen LogP contribution in [0.2, 0.25) is 5.02 Å². The number of halogens is 2. The van der Waals surface area contributed by atoms with Gasteiger partial charge in [-0.2, -0.15) is 0 Å². The Bertz CT molecular complexity index is 1070. The quantitative estimate of drug-likeness (QED) is 0.666. The molecule has 0 radical (unpaired) electrons. The van der Waals surface area contributed by atoms with Gasteiger partial charge < -0.3 is 14.7 Å². The molecule has 1 unspecified atom stereocenters. The van der Waals surface area contributed by atoms with Crippen molar-refractivity contribution in [2.45, 2.75) is 25.4 Å². The Morgan fingerprint density at radius 1 is 1.20 bits per heavy atom. The van der Waals surface area contributed by atoms with Gasteiger partial charge in [0.1, 0.15) is 11.9 Å². The van der Waals surface area contributed by atoms with Gasteiger partial charge in [-0.25, -0.2) is 4.39 Å². The summed E-state index contributed by atoms with van der Waals surface area (Å²) >= 11 is 6.18. The van der Waals surface area contributed by atoms with Gasteiger partial charge in [0.2, 0.25) is 5.91 Å². The predicted molar refractivity (Wildman–Crippen MR) is 109 cm³/mol. The molecule has 2 heterocycles. The lowest BCUT2D eigenvalue weighted by Crippen LogP contribution is -2.45. The largest absolute Gasteiger partial charge is 0.355 e. The highest BCUT2D eigenvalue weighted by atomic mass is 35.5. The molecule has 0 aliphatic carbocycles. The van der Waals surface area contributed by atoms with Gasteiger partial charge in [0.25, 0.3) is 5.91 Å². The van der Waals surface area contributed by atoms with E-state index >= 15 is 0 Å². The van der Waals surface area contributed by atoms with Crippen molar-refractivity contribution in [2.75, 3.05) is 6.54 Å². The zero-order valence-electron chi connectivity index (χ0n) is 16.0. The van der Waals surface area contributed by atoms with Crippen molar-refractivity contribution in [3.8, 4) is 11.3 Å². The third kappa shape index (κ3) is 4.21. The van der Waals surface area contributed by atoms with Crippen LogP contribution in [0.5, 0.6) is 0 Å². The molecule has 3 aromatic rings. The number of carbonyl (C=O) groups is 2. The number of hydrogen-bond donors (Lipinski definition) is 1. The van der Waals surface area contributed by atoms with E-state index < -0.39 is 6.04 Å². The first-order chi connectivity index (χ1) is 14.5. The molecule has 4 rings (SSSR count). The molecule has 154 valence electrons. The summed E-state index contributed by atoms with van der Waals surface area (Å²) in [5.74, 6) is -0.557. The van der Waals surface area contributed by atoms with Gasteiger partial charge in [-0.05, 0) is 42.7 Å². The number of rotatable bonds is 5. The Balaban J connectivity index is 1.44. The predicted octanol–water partition coefficient (Wildman–Crippen LogP) is 4.06. The fourth-order valence-corrected chi connectivity index (χ4v) is 3.73. The zero-order valence-corrected chi connectivity index (χ0v) is 16.7. The molecule has 1 saturated heterocycles. The Kier molecular flexibility index (Phi) is 5.81. The number of hydrogen-bond acceptors (Lipinski definition) is 4. The molecule has 1 aromatic heterocycles. The van der Waals surface area contributed by atoms with Gasteiger partial charge in [0.05, 0.1) is 5.02 Å². The summed E-state index contributed by atoms with van der Waals surface area (Å²) in [5.41, 5.74) is 1.55. The first kappa shape index (κ1) is 20.1. The number of aromatic nitrogens is 1. The summed E-state index contributed by atoms with van der Waals surface area (Å²) in [5, 5.41) is 7.19. The monoisotopic (exact) mass is 427 g/mol. The minimum absolute atomic E-state index is 0.128. The average Bonchev–Trinajstić information content (AvgIpc) is 3.43. The van der Waals surface area contributed by atoms with Gasteiger partial charge in [-0.1, -0.05) is 41.0 Å². The molecule has 1 atom stereocenters. The fraction of sp³-hybridized carbons (Fsp3) is 0.227. The van der Waals surface area contributed by atoms with E-state index in [0.29, 0.717) is 29.3 Å². The SMILES string of the molecule is O=C(NCc1ccc(F)cc1)C1CCCN1C(=O)c1cc(-c2ccccc2Cl)on1. The van der Waals surface area contributed by atoms with E-state index in [-0.39, 0.29) is 29.9 Å². The molecule has 30 heavy (non-hydrogen) atoms. The maximum absolute atomic E-state index is 13.0. The minimum Gasteiger partial charge on any atom is -0.355 e. The van der Waals surface area contributed by atoms with E-state index in [4.69, 9.17) is 16.1 Å². The Morgan fingerprint density at radius 2 is 1.97 bits per heavy atom. The normalized spacial score (nSPS) is 15.9. The molecule has 1 fully saturated rings. The smallest absolute Gasteiger partial charge is 0.276 e. The lowest BCUT2D eigenvalue weighted by Gasteiger charge is -2.23. The molecule has 2 amide bonds. The van der Waals surface area contributed by atoms with E-state index in [0.717, 1.165) is 12.0 Å². The van der Waals surface area contributed by atoms with E-state index in [2.05, 4.69) is 10.5 Å². The van der Waals surface area contributed by atoms with Crippen LogP contribution in [0.4, 0.5) is 4.39 Å². The average molecular weight is 428 g/mol. The topological polar surface area (TPSA) is 75.4 Å². The second-order valence-corrected chi connectivity index (χ2v) is 7.46. The van der Waals surface area contributed by atoms with Crippen LogP contribution in [0.1, 0.15) is 28.9 Å². The van der Waals surface area contributed by atoms with Crippen LogP contribution < -0.4 is 5.32 Å². The molecule has 1 aliphatic rings. The number of nitrogens with zero attached hydrogens (tertiary/aromatic N) is 2. The van der Waals surface area contributed by atoms with Crippen LogP contribution in [0.15, 0.2) is 59.1 Å². The summed E-state index contributed by atoms with van der Waals surface area (Å²) in [6.07, 6.45) is 1.28. The van der Waals surface area contributed by atoms with Crippen molar-refractivity contribution < 1.29 is 18.5 Å². The van der Waals surface area contributed by atoms with E-state index in [1.54, 1.807) is 30.3 Å². The second-order valence-electron chi connectivity index (χ2n) is 7.06. The lowest BCUT2D eigenvalue weighted by atomic mass is 10.1. The van der Waals surface area contributed by atoms with Crippen molar-refractivity contribution in [1.29, 1.82) is 0 Å². The van der Waals surface area contributed by atoms with Gasteiger partial charge in [-0.3, -0.25) is 9.59 Å². The Hall–Kier alpha value is -3.19. The highest BCUT2D eigenvalue weighted by Gasteiger charge is 2.35.